The van der Waals surface area contributed by atoms with Gasteiger partial charge in [-0.15, -0.1) is 0 Å². The SMILES string of the molecule is CSCCCCCCNc1ccc([N+](=O)[O-])cc1C#N. The topological polar surface area (TPSA) is 79.0 Å². The van der Waals surface area contributed by atoms with Gasteiger partial charge < -0.3 is 5.32 Å². The van der Waals surface area contributed by atoms with Crippen LogP contribution in [0.5, 0.6) is 0 Å². The van der Waals surface area contributed by atoms with Gasteiger partial charge in [-0.05, 0) is 30.9 Å². The van der Waals surface area contributed by atoms with Crippen molar-refractivity contribution in [1.82, 2.24) is 0 Å². The Labute approximate surface area is 123 Å². The Hall–Kier alpha value is -1.74. The maximum Gasteiger partial charge on any atom is 0.270 e. The standard InChI is InChI=1S/C14H19N3O2S/c1-20-9-5-3-2-4-8-16-14-7-6-13(17(18)19)10-12(14)11-15/h6-7,10,16H,2-5,8-9H2,1H3. The van der Waals surface area contributed by atoms with Crippen LogP contribution in [0.25, 0.3) is 0 Å². The van der Waals surface area contributed by atoms with E-state index in [0.29, 0.717) is 11.3 Å². The fourth-order valence-corrected chi connectivity index (χ4v) is 2.33. The Morgan fingerprint density at radius 1 is 1.35 bits per heavy atom. The molecule has 0 heterocycles. The van der Waals surface area contributed by atoms with Crippen molar-refractivity contribution in [3.8, 4) is 6.07 Å². The molecule has 0 aliphatic carbocycles. The number of thioether (sulfide) groups is 1. The third kappa shape index (κ3) is 5.49. The number of non-ortho nitro benzene ring substituents is 1. The van der Waals surface area contributed by atoms with Gasteiger partial charge in [0, 0.05) is 18.7 Å². The summed E-state index contributed by atoms with van der Waals surface area (Å²) in [6, 6.07) is 6.32. The molecule has 0 spiro atoms. The molecule has 1 N–H and O–H groups in total. The summed E-state index contributed by atoms with van der Waals surface area (Å²) in [7, 11) is 0. The first kappa shape index (κ1) is 16.3. The van der Waals surface area contributed by atoms with E-state index in [-0.39, 0.29) is 5.69 Å². The molecular formula is C14H19N3O2S. The number of nitriles is 1. The number of nitrogens with one attached hydrogen (secondary N) is 1. The molecule has 0 radical (unpaired) electrons. The van der Waals surface area contributed by atoms with Crippen LogP contribution in [-0.2, 0) is 0 Å². The van der Waals surface area contributed by atoms with Crippen LogP contribution in [0, 0.1) is 21.4 Å². The van der Waals surface area contributed by atoms with Crippen molar-refractivity contribution >= 4 is 23.1 Å². The molecule has 0 bridgehead atoms. The minimum atomic E-state index is -0.490. The molecule has 6 heteroatoms. The van der Waals surface area contributed by atoms with E-state index in [1.54, 1.807) is 6.07 Å². The first-order chi connectivity index (χ1) is 9.69. The Morgan fingerprint density at radius 3 is 2.75 bits per heavy atom. The summed E-state index contributed by atoms with van der Waals surface area (Å²) in [6.45, 7) is 0.783. The molecular weight excluding hydrogens is 274 g/mol. The predicted octanol–water partition coefficient (Wildman–Crippen LogP) is 3.80. The molecule has 0 aliphatic rings. The minimum absolute atomic E-state index is 0.0517. The number of hydrogen-bond acceptors (Lipinski definition) is 5. The van der Waals surface area contributed by atoms with Crippen LogP contribution >= 0.6 is 11.8 Å². The van der Waals surface area contributed by atoms with Gasteiger partial charge in [-0.1, -0.05) is 12.8 Å². The van der Waals surface area contributed by atoms with Crippen LogP contribution in [0.3, 0.4) is 0 Å². The Morgan fingerprint density at radius 2 is 2.10 bits per heavy atom. The molecule has 5 nitrogen and oxygen atoms in total. The highest BCUT2D eigenvalue weighted by atomic mass is 32.2. The van der Waals surface area contributed by atoms with Crippen LogP contribution in [0.4, 0.5) is 11.4 Å². The van der Waals surface area contributed by atoms with Gasteiger partial charge in [-0.3, -0.25) is 10.1 Å². The van der Waals surface area contributed by atoms with Gasteiger partial charge in [0.25, 0.3) is 5.69 Å². The van der Waals surface area contributed by atoms with Crippen molar-refractivity contribution < 1.29 is 4.92 Å². The van der Waals surface area contributed by atoms with E-state index in [0.717, 1.165) is 19.4 Å². The number of nitro benzene ring substituents is 1. The van der Waals surface area contributed by atoms with E-state index in [9.17, 15) is 10.1 Å². The van der Waals surface area contributed by atoms with Crippen molar-refractivity contribution in [2.45, 2.75) is 25.7 Å². The monoisotopic (exact) mass is 293 g/mol. The minimum Gasteiger partial charge on any atom is -0.384 e. The molecule has 0 unspecified atom stereocenters. The molecule has 0 saturated heterocycles. The predicted molar refractivity (Wildman–Crippen MR) is 83.2 cm³/mol. The molecule has 1 aromatic carbocycles. The lowest BCUT2D eigenvalue weighted by molar-refractivity contribution is -0.384. The molecule has 0 atom stereocenters. The number of unbranched alkanes of at least 4 members (excludes halogenated alkanes) is 3. The largest absolute Gasteiger partial charge is 0.384 e. The molecule has 0 aliphatic heterocycles. The van der Waals surface area contributed by atoms with Gasteiger partial charge in [0.15, 0.2) is 0 Å². The molecule has 0 saturated carbocycles. The number of rotatable bonds is 9. The van der Waals surface area contributed by atoms with Gasteiger partial charge in [-0.2, -0.15) is 17.0 Å². The summed E-state index contributed by atoms with van der Waals surface area (Å²) < 4.78 is 0. The normalized spacial score (nSPS) is 10.0. The van der Waals surface area contributed by atoms with Gasteiger partial charge >= 0.3 is 0 Å². The second-order valence-electron chi connectivity index (χ2n) is 4.43. The molecule has 1 rings (SSSR count). The highest BCUT2D eigenvalue weighted by Gasteiger charge is 2.09. The Bertz CT molecular complexity index is 486. The molecule has 1 aromatic rings. The van der Waals surface area contributed by atoms with E-state index in [1.165, 1.54) is 30.7 Å². The highest BCUT2D eigenvalue weighted by Crippen LogP contribution is 2.21. The highest BCUT2D eigenvalue weighted by molar-refractivity contribution is 7.98. The van der Waals surface area contributed by atoms with E-state index in [1.807, 2.05) is 17.8 Å². The molecule has 0 amide bonds. The first-order valence-electron chi connectivity index (χ1n) is 6.60. The van der Waals surface area contributed by atoms with E-state index < -0.39 is 4.92 Å². The maximum absolute atomic E-state index is 10.6. The van der Waals surface area contributed by atoms with E-state index in [4.69, 9.17) is 5.26 Å². The number of anilines is 1. The third-order valence-corrected chi connectivity index (χ3v) is 3.62. The first-order valence-corrected chi connectivity index (χ1v) is 7.99. The second-order valence-corrected chi connectivity index (χ2v) is 5.42. The zero-order chi connectivity index (χ0) is 14.8. The van der Waals surface area contributed by atoms with Gasteiger partial charge in [0.1, 0.15) is 6.07 Å². The van der Waals surface area contributed by atoms with Crippen LogP contribution < -0.4 is 5.32 Å². The summed E-state index contributed by atoms with van der Waals surface area (Å²) in [4.78, 5) is 10.2. The number of nitro groups is 1. The van der Waals surface area contributed by atoms with Crippen molar-refractivity contribution in [1.29, 1.82) is 5.26 Å². The van der Waals surface area contributed by atoms with E-state index >= 15 is 0 Å². The smallest absolute Gasteiger partial charge is 0.270 e. The van der Waals surface area contributed by atoms with Crippen LogP contribution in [-0.4, -0.2) is 23.5 Å². The van der Waals surface area contributed by atoms with Gasteiger partial charge in [0.2, 0.25) is 0 Å². The van der Waals surface area contributed by atoms with Crippen LogP contribution in [0.15, 0.2) is 18.2 Å². The lowest BCUT2D eigenvalue weighted by Gasteiger charge is -2.07. The lowest BCUT2D eigenvalue weighted by Crippen LogP contribution is -2.03. The van der Waals surface area contributed by atoms with E-state index in [2.05, 4.69) is 11.6 Å². The quantitative estimate of drug-likeness (QED) is 0.425. The summed E-state index contributed by atoms with van der Waals surface area (Å²) >= 11 is 1.86. The lowest BCUT2D eigenvalue weighted by atomic mass is 10.1. The summed E-state index contributed by atoms with van der Waals surface area (Å²) in [6.07, 6.45) is 6.76. The van der Waals surface area contributed by atoms with Crippen LogP contribution in [0.2, 0.25) is 0 Å². The zero-order valence-corrected chi connectivity index (χ0v) is 12.4. The number of benzene rings is 1. The van der Waals surface area contributed by atoms with Crippen molar-refractivity contribution in [3.63, 3.8) is 0 Å². The average molecular weight is 293 g/mol. The molecule has 108 valence electrons. The van der Waals surface area contributed by atoms with Gasteiger partial charge in [0.05, 0.1) is 16.2 Å². The molecule has 0 fully saturated rings. The maximum atomic E-state index is 10.6. The fourth-order valence-electron chi connectivity index (χ4n) is 1.84. The van der Waals surface area contributed by atoms with Crippen molar-refractivity contribution in [2.75, 3.05) is 23.9 Å². The van der Waals surface area contributed by atoms with Crippen molar-refractivity contribution in [2.24, 2.45) is 0 Å². The molecule has 20 heavy (non-hydrogen) atoms. The number of hydrogen-bond donors (Lipinski definition) is 1. The summed E-state index contributed by atoms with van der Waals surface area (Å²) in [5.74, 6) is 1.20. The number of nitrogens with zero attached hydrogens (tertiary/aromatic N) is 2. The zero-order valence-electron chi connectivity index (χ0n) is 11.6. The Kier molecular flexibility index (Phi) is 7.51. The van der Waals surface area contributed by atoms with Crippen LogP contribution in [0.1, 0.15) is 31.2 Å². The summed E-state index contributed by atoms with van der Waals surface area (Å²) in [5.41, 5.74) is 0.938. The van der Waals surface area contributed by atoms with Crippen molar-refractivity contribution in [3.05, 3.63) is 33.9 Å². The van der Waals surface area contributed by atoms with Gasteiger partial charge in [-0.25, -0.2) is 0 Å². The molecule has 0 aromatic heterocycles. The third-order valence-electron chi connectivity index (χ3n) is 2.93. The fraction of sp³-hybridized carbons (Fsp3) is 0.500. The second kappa shape index (κ2) is 9.21. The average Bonchev–Trinajstić information content (AvgIpc) is 2.46. The Balaban J connectivity index is 2.40. The summed E-state index contributed by atoms with van der Waals surface area (Å²) in [5, 5.41) is 22.8.